The van der Waals surface area contributed by atoms with Crippen molar-refractivity contribution in [2.24, 2.45) is 5.73 Å². The number of aromatic nitrogens is 4. The van der Waals surface area contributed by atoms with E-state index in [0.717, 1.165) is 37.3 Å². The fourth-order valence-corrected chi connectivity index (χ4v) is 3.78. The van der Waals surface area contributed by atoms with Gasteiger partial charge in [-0.2, -0.15) is 10.1 Å². The van der Waals surface area contributed by atoms with E-state index in [2.05, 4.69) is 15.0 Å². The van der Waals surface area contributed by atoms with Crippen LogP contribution in [0.25, 0.3) is 5.69 Å². The van der Waals surface area contributed by atoms with Crippen molar-refractivity contribution in [1.29, 1.82) is 0 Å². The maximum Gasteiger partial charge on any atom is 0.252 e. The van der Waals surface area contributed by atoms with Gasteiger partial charge < -0.3 is 10.3 Å². The van der Waals surface area contributed by atoms with Crippen molar-refractivity contribution in [3.8, 4) is 5.69 Å². The average molecular weight is 394 g/mol. The predicted molar refractivity (Wildman–Crippen MR) is 108 cm³/mol. The zero-order valence-electron chi connectivity index (χ0n) is 16.8. The van der Waals surface area contributed by atoms with Crippen LogP contribution in [0.3, 0.4) is 0 Å². The van der Waals surface area contributed by atoms with Gasteiger partial charge in [0.05, 0.1) is 23.5 Å². The number of nitrogens with zero attached hydrogens (tertiary/aromatic N) is 5. The van der Waals surface area contributed by atoms with Gasteiger partial charge in [0.2, 0.25) is 5.89 Å². The molecule has 0 aliphatic carbocycles. The molecule has 2 aromatic heterocycles. The van der Waals surface area contributed by atoms with E-state index in [9.17, 15) is 4.79 Å². The lowest BCUT2D eigenvalue weighted by Gasteiger charge is -2.31. The third-order valence-corrected chi connectivity index (χ3v) is 5.26. The number of para-hydroxylation sites is 1. The second-order valence-electron chi connectivity index (χ2n) is 7.85. The lowest BCUT2D eigenvalue weighted by Crippen LogP contribution is -2.35. The Balaban J connectivity index is 1.54. The Hall–Kier alpha value is -3.00. The molecule has 0 unspecified atom stereocenters. The molecule has 152 valence electrons. The highest BCUT2D eigenvalue weighted by atomic mass is 16.5. The summed E-state index contributed by atoms with van der Waals surface area (Å²) in [6, 6.07) is 9.75. The molecule has 0 radical (unpaired) electrons. The van der Waals surface area contributed by atoms with Gasteiger partial charge in [0.1, 0.15) is 0 Å². The number of carbonyl (C=O) groups excluding carboxylic acids is 1. The van der Waals surface area contributed by atoms with Gasteiger partial charge in [0.15, 0.2) is 5.82 Å². The summed E-state index contributed by atoms with van der Waals surface area (Å²) < 4.78 is 7.06. The van der Waals surface area contributed by atoms with Crippen LogP contribution in [-0.4, -0.2) is 43.8 Å². The molecule has 1 fully saturated rings. The maximum absolute atomic E-state index is 12.1. The van der Waals surface area contributed by atoms with Gasteiger partial charge in [-0.1, -0.05) is 37.2 Å². The number of piperidine rings is 1. The molecule has 0 bridgehead atoms. The van der Waals surface area contributed by atoms with Crippen molar-refractivity contribution in [1.82, 2.24) is 24.8 Å². The van der Waals surface area contributed by atoms with Gasteiger partial charge in [-0.25, -0.2) is 4.68 Å². The molecule has 1 aromatic carbocycles. The number of nitrogens with two attached hydrogens (primary N) is 1. The summed E-state index contributed by atoms with van der Waals surface area (Å²) in [5.74, 6) is 1.25. The summed E-state index contributed by atoms with van der Waals surface area (Å²) in [5, 5.41) is 8.83. The molecule has 8 heteroatoms. The van der Waals surface area contributed by atoms with Crippen LogP contribution in [0.15, 0.2) is 41.1 Å². The highest BCUT2D eigenvalue weighted by Gasteiger charge is 2.28. The molecule has 1 saturated heterocycles. The second kappa shape index (κ2) is 8.16. The minimum atomic E-state index is -0.445. The van der Waals surface area contributed by atoms with E-state index in [1.165, 1.54) is 0 Å². The van der Waals surface area contributed by atoms with E-state index in [1.807, 2.05) is 44.2 Å². The van der Waals surface area contributed by atoms with E-state index < -0.39 is 5.91 Å². The molecular formula is C21H26N6O2. The van der Waals surface area contributed by atoms with Crippen LogP contribution >= 0.6 is 0 Å². The van der Waals surface area contributed by atoms with Gasteiger partial charge in [-0.3, -0.25) is 9.69 Å². The average Bonchev–Trinajstić information content (AvgIpc) is 3.36. The Morgan fingerprint density at radius 1 is 1.31 bits per heavy atom. The number of benzene rings is 1. The first-order chi connectivity index (χ1) is 14.0. The third kappa shape index (κ3) is 4.22. The van der Waals surface area contributed by atoms with E-state index in [4.69, 9.17) is 15.4 Å². The largest absolute Gasteiger partial charge is 0.365 e. The summed E-state index contributed by atoms with van der Waals surface area (Å²) in [5.41, 5.74) is 7.82. The normalized spacial score (nSPS) is 17.7. The van der Waals surface area contributed by atoms with Crippen molar-refractivity contribution in [2.75, 3.05) is 13.1 Å². The van der Waals surface area contributed by atoms with Gasteiger partial charge in [0, 0.05) is 24.6 Å². The van der Waals surface area contributed by atoms with E-state index in [0.29, 0.717) is 23.8 Å². The monoisotopic (exact) mass is 394 g/mol. The molecule has 0 saturated carbocycles. The fraction of sp³-hybridized carbons (Fsp3) is 0.429. The number of hydrogen-bond acceptors (Lipinski definition) is 6. The molecule has 29 heavy (non-hydrogen) atoms. The van der Waals surface area contributed by atoms with Crippen LogP contribution in [0.5, 0.6) is 0 Å². The van der Waals surface area contributed by atoms with Crippen LogP contribution in [-0.2, 0) is 6.54 Å². The lowest BCUT2D eigenvalue weighted by molar-refractivity contribution is 0.0997. The SMILES string of the molecule is CC(C)c1nc(CN2CCC[C@@H](c3nn(-c4ccccc4)cc3C(N)=O)C2)no1. The number of carbonyl (C=O) groups is 1. The minimum absolute atomic E-state index is 0.132. The van der Waals surface area contributed by atoms with Gasteiger partial charge in [0.25, 0.3) is 5.91 Å². The Morgan fingerprint density at radius 2 is 2.10 bits per heavy atom. The smallest absolute Gasteiger partial charge is 0.252 e. The zero-order valence-corrected chi connectivity index (χ0v) is 16.8. The summed E-state index contributed by atoms with van der Waals surface area (Å²) in [7, 11) is 0. The van der Waals surface area contributed by atoms with E-state index >= 15 is 0 Å². The summed E-state index contributed by atoms with van der Waals surface area (Å²) in [6.07, 6.45) is 3.71. The van der Waals surface area contributed by atoms with E-state index in [-0.39, 0.29) is 11.8 Å². The molecule has 4 rings (SSSR count). The van der Waals surface area contributed by atoms with Crippen molar-refractivity contribution in [3.05, 3.63) is 59.5 Å². The summed E-state index contributed by atoms with van der Waals surface area (Å²) in [4.78, 5) is 18.8. The Bertz CT molecular complexity index is 978. The Kier molecular flexibility index (Phi) is 5.44. The molecule has 1 aliphatic heterocycles. The van der Waals surface area contributed by atoms with E-state index in [1.54, 1.807) is 10.9 Å². The lowest BCUT2D eigenvalue weighted by atomic mass is 9.92. The zero-order chi connectivity index (χ0) is 20.4. The first-order valence-corrected chi connectivity index (χ1v) is 10.0. The summed E-state index contributed by atoms with van der Waals surface area (Å²) >= 11 is 0. The number of hydrogen-bond donors (Lipinski definition) is 1. The quantitative estimate of drug-likeness (QED) is 0.689. The number of likely N-dealkylation sites (tertiary alicyclic amines) is 1. The van der Waals surface area contributed by atoms with Gasteiger partial charge >= 0.3 is 0 Å². The van der Waals surface area contributed by atoms with Crippen LogP contribution in [0.1, 0.15) is 66.3 Å². The van der Waals surface area contributed by atoms with Gasteiger partial charge in [-0.15, -0.1) is 0 Å². The molecule has 1 atom stereocenters. The maximum atomic E-state index is 12.1. The molecule has 2 N–H and O–H groups in total. The molecular weight excluding hydrogens is 368 g/mol. The molecule has 3 aromatic rings. The van der Waals surface area contributed by atoms with Crippen LogP contribution < -0.4 is 5.73 Å². The number of amides is 1. The Labute approximate surface area is 169 Å². The molecule has 3 heterocycles. The van der Waals surface area contributed by atoms with Crippen LogP contribution in [0, 0.1) is 0 Å². The molecule has 8 nitrogen and oxygen atoms in total. The van der Waals surface area contributed by atoms with Crippen LogP contribution in [0.4, 0.5) is 0 Å². The van der Waals surface area contributed by atoms with Crippen molar-refractivity contribution in [3.63, 3.8) is 0 Å². The fourth-order valence-electron chi connectivity index (χ4n) is 3.78. The highest BCUT2D eigenvalue weighted by molar-refractivity contribution is 5.94. The summed E-state index contributed by atoms with van der Waals surface area (Å²) in [6.45, 7) is 6.41. The second-order valence-corrected chi connectivity index (χ2v) is 7.85. The molecule has 1 aliphatic rings. The number of rotatable bonds is 6. The predicted octanol–water partition coefficient (Wildman–Crippen LogP) is 2.86. The topological polar surface area (TPSA) is 103 Å². The highest BCUT2D eigenvalue weighted by Crippen LogP contribution is 2.29. The molecule has 0 spiro atoms. The first-order valence-electron chi connectivity index (χ1n) is 10.0. The van der Waals surface area contributed by atoms with Crippen LogP contribution in [0.2, 0.25) is 0 Å². The van der Waals surface area contributed by atoms with Crippen molar-refractivity contribution >= 4 is 5.91 Å². The minimum Gasteiger partial charge on any atom is -0.365 e. The molecule has 1 amide bonds. The van der Waals surface area contributed by atoms with Gasteiger partial charge in [-0.05, 0) is 31.5 Å². The third-order valence-electron chi connectivity index (χ3n) is 5.26. The standard InChI is InChI=1S/C21H26N6O2/c1-14(2)21-23-18(25-29-21)13-26-10-6-7-15(11-26)19-17(20(22)28)12-27(24-19)16-8-4-3-5-9-16/h3-5,8-9,12,14-15H,6-7,10-11,13H2,1-2H3,(H2,22,28)/t15-/m1/s1. The van der Waals surface area contributed by atoms with Crippen molar-refractivity contribution in [2.45, 2.75) is 45.1 Å². The number of primary amides is 1. The Morgan fingerprint density at radius 3 is 2.79 bits per heavy atom. The van der Waals surface area contributed by atoms with Crippen molar-refractivity contribution < 1.29 is 9.32 Å². The first kappa shape index (κ1) is 19.3.